The molecule has 2 aromatic carbocycles. The van der Waals surface area contributed by atoms with Crippen molar-refractivity contribution in [3.8, 4) is 5.75 Å². The summed E-state index contributed by atoms with van der Waals surface area (Å²) in [5.74, 6) is 0.410. The Balaban J connectivity index is 1.63. The zero-order valence-electron chi connectivity index (χ0n) is 19.4. The Bertz CT molecular complexity index is 1250. The number of fused-ring (bicyclic) bond motifs is 1. The summed E-state index contributed by atoms with van der Waals surface area (Å²) >= 11 is 1.42. The zero-order valence-corrected chi connectivity index (χ0v) is 21.1. The summed E-state index contributed by atoms with van der Waals surface area (Å²) in [5.41, 5.74) is 1.10. The van der Waals surface area contributed by atoms with E-state index in [2.05, 4.69) is 0 Å². The molecule has 0 radical (unpaired) electrons. The number of amides is 1. The fourth-order valence-electron chi connectivity index (χ4n) is 3.64. The molecule has 11 heteroatoms. The molecular weight excluding hydrogens is 476 g/mol. The first kappa shape index (κ1) is 24.6. The van der Waals surface area contributed by atoms with E-state index >= 15 is 0 Å². The number of thiazole rings is 1. The molecule has 0 aliphatic carbocycles. The van der Waals surface area contributed by atoms with E-state index < -0.39 is 10.0 Å². The Morgan fingerprint density at radius 1 is 1.12 bits per heavy atom. The van der Waals surface area contributed by atoms with Crippen molar-refractivity contribution in [1.82, 2.24) is 14.2 Å². The van der Waals surface area contributed by atoms with Gasteiger partial charge >= 0.3 is 0 Å². The van der Waals surface area contributed by atoms with Crippen LogP contribution in [0.5, 0.6) is 5.75 Å². The van der Waals surface area contributed by atoms with Crippen LogP contribution < -0.4 is 9.64 Å². The van der Waals surface area contributed by atoms with Gasteiger partial charge in [0.1, 0.15) is 11.3 Å². The molecule has 9 nitrogen and oxygen atoms in total. The van der Waals surface area contributed by atoms with Crippen molar-refractivity contribution in [2.45, 2.75) is 4.90 Å². The smallest absolute Gasteiger partial charge is 0.260 e. The molecule has 0 N–H and O–H groups in total. The number of ether oxygens (including phenoxy) is 2. The third-order valence-electron chi connectivity index (χ3n) is 5.55. The SMILES string of the molecule is COc1cccc2sc(N(CCN(C)C)C(=O)c3ccc(S(=O)(=O)N4CCOCC4)cc3)nc12. The minimum atomic E-state index is -3.63. The molecule has 0 atom stereocenters. The predicted molar refractivity (Wildman–Crippen MR) is 132 cm³/mol. The molecule has 34 heavy (non-hydrogen) atoms. The van der Waals surface area contributed by atoms with Gasteiger partial charge in [0.25, 0.3) is 5.91 Å². The van der Waals surface area contributed by atoms with E-state index in [1.165, 1.54) is 27.8 Å². The Kier molecular flexibility index (Phi) is 7.48. The standard InChI is InChI=1S/C23H28N4O5S2/c1-25(2)11-12-27(23-24-21-19(31-3)5-4-6-20(21)33-23)22(28)17-7-9-18(10-8-17)34(29,30)26-13-15-32-16-14-26/h4-10H,11-16H2,1-3H3. The van der Waals surface area contributed by atoms with E-state index in [1.54, 1.807) is 24.1 Å². The van der Waals surface area contributed by atoms with E-state index in [-0.39, 0.29) is 10.8 Å². The van der Waals surface area contributed by atoms with Crippen LogP contribution in [0.25, 0.3) is 10.2 Å². The largest absolute Gasteiger partial charge is 0.494 e. The van der Waals surface area contributed by atoms with Gasteiger partial charge in [-0.15, -0.1) is 0 Å². The second kappa shape index (κ2) is 10.4. The van der Waals surface area contributed by atoms with Crippen molar-refractivity contribution in [2.24, 2.45) is 0 Å². The van der Waals surface area contributed by atoms with E-state index in [0.717, 1.165) is 4.70 Å². The fraction of sp³-hybridized carbons (Fsp3) is 0.391. The molecule has 0 spiro atoms. The summed E-state index contributed by atoms with van der Waals surface area (Å²) in [6.45, 7) is 2.47. The zero-order chi connectivity index (χ0) is 24.3. The highest BCUT2D eigenvalue weighted by molar-refractivity contribution is 7.89. The first-order valence-corrected chi connectivity index (χ1v) is 13.1. The van der Waals surface area contributed by atoms with Crippen LogP contribution in [0.3, 0.4) is 0 Å². The number of carbonyl (C=O) groups is 1. The summed E-state index contributed by atoms with van der Waals surface area (Å²) in [5, 5.41) is 0.566. The fourth-order valence-corrected chi connectivity index (χ4v) is 6.05. The second-order valence-corrected chi connectivity index (χ2v) is 11.1. The lowest BCUT2D eigenvalue weighted by Crippen LogP contribution is -2.40. The van der Waals surface area contributed by atoms with Crippen molar-refractivity contribution in [2.75, 3.05) is 65.5 Å². The molecule has 4 rings (SSSR count). The minimum Gasteiger partial charge on any atom is -0.494 e. The molecule has 1 aromatic heterocycles. The molecule has 1 aliphatic heterocycles. The van der Waals surface area contributed by atoms with Gasteiger partial charge in [0, 0.05) is 31.7 Å². The van der Waals surface area contributed by atoms with Crippen molar-refractivity contribution in [3.63, 3.8) is 0 Å². The third kappa shape index (κ3) is 5.08. The van der Waals surface area contributed by atoms with E-state index in [0.29, 0.717) is 61.4 Å². The average molecular weight is 505 g/mol. The molecular formula is C23H28N4O5S2. The Labute approximate surface area is 203 Å². The van der Waals surface area contributed by atoms with Crippen LogP contribution in [-0.2, 0) is 14.8 Å². The average Bonchev–Trinajstić information content (AvgIpc) is 3.28. The van der Waals surface area contributed by atoms with Gasteiger partial charge in [-0.2, -0.15) is 4.31 Å². The van der Waals surface area contributed by atoms with Gasteiger partial charge in [-0.05, 0) is 50.5 Å². The lowest BCUT2D eigenvalue weighted by atomic mass is 10.2. The third-order valence-corrected chi connectivity index (χ3v) is 8.50. The molecule has 182 valence electrons. The maximum atomic E-state index is 13.5. The minimum absolute atomic E-state index is 0.163. The number of rotatable bonds is 8. The highest BCUT2D eigenvalue weighted by Crippen LogP contribution is 2.34. The molecule has 1 fully saturated rings. The van der Waals surface area contributed by atoms with E-state index in [4.69, 9.17) is 14.5 Å². The number of carbonyl (C=O) groups excluding carboxylic acids is 1. The van der Waals surface area contributed by atoms with Gasteiger partial charge in [-0.1, -0.05) is 17.4 Å². The number of hydrogen-bond acceptors (Lipinski definition) is 8. The molecule has 1 aliphatic rings. The number of morpholine rings is 1. The number of para-hydroxylation sites is 1. The molecule has 0 unspecified atom stereocenters. The van der Waals surface area contributed by atoms with Crippen LogP contribution in [0.2, 0.25) is 0 Å². The summed E-state index contributed by atoms with van der Waals surface area (Å²) in [4.78, 5) is 22.0. The first-order valence-electron chi connectivity index (χ1n) is 10.9. The Morgan fingerprint density at radius 2 is 1.82 bits per heavy atom. The first-order chi connectivity index (χ1) is 16.3. The number of likely N-dealkylation sites (N-methyl/N-ethyl adjacent to an activating group) is 1. The van der Waals surface area contributed by atoms with Gasteiger partial charge < -0.3 is 14.4 Å². The summed E-state index contributed by atoms with van der Waals surface area (Å²) in [7, 11) is 1.85. The summed E-state index contributed by atoms with van der Waals surface area (Å²) in [6, 6.07) is 11.8. The maximum absolute atomic E-state index is 13.5. The van der Waals surface area contributed by atoms with Crippen molar-refractivity contribution in [3.05, 3.63) is 48.0 Å². The number of methoxy groups -OCH3 is 1. The van der Waals surface area contributed by atoms with Crippen LogP contribution in [0, 0.1) is 0 Å². The number of sulfonamides is 1. The Hall–Kier alpha value is -2.57. The molecule has 2 heterocycles. The van der Waals surface area contributed by atoms with Crippen LogP contribution in [-0.4, -0.2) is 89.1 Å². The summed E-state index contributed by atoms with van der Waals surface area (Å²) in [6.07, 6.45) is 0. The van der Waals surface area contributed by atoms with Crippen LogP contribution in [0.4, 0.5) is 5.13 Å². The molecule has 0 bridgehead atoms. The number of anilines is 1. The van der Waals surface area contributed by atoms with Crippen molar-refractivity contribution >= 4 is 42.6 Å². The number of hydrogen-bond donors (Lipinski definition) is 0. The van der Waals surface area contributed by atoms with Gasteiger partial charge in [0.2, 0.25) is 10.0 Å². The van der Waals surface area contributed by atoms with Gasteiger partial charge in [-0.25, -0.2) is 13.4 Å². The monoisotopic (exact) mass is 504 g/mol. The van der Waals surface area contributed by atoms with Gasteiger partial charge in [-0.3, -0.25) is 9.69 Å². The van der Waals surface area contributed by atoms with Gasteiger partial charge in [0.15, 0.2) is 5.13 Å². The summed E-state index contributed by atoms with van der Waals surface area (Å²) < 4.78 is 38.8. The molecule has 0 saturated carbocycles. The van der Waals surface area contributed by atoms with Crippen LogP contribution in [0.15, 0.2) is 47.4 Å². The lowest BCUT2D eigenvalue weighted by molar-refractivity contribution is 0.0730. The lowest BCUT2D eigenvalue weighted by Gasteiger charge is -2.26. The van der Waals surface area contributed by atoms with Crippen LogP contribution >= 0.6 is 11.3 Å². The maximum Gasteiger partial charge on any atom is 0.260 e. The topological polar surface area (TPSA) is 92.3 Å². The number of benzene rings is 2. The number of aromatic nitrogens is 1. The molecule has 3 aromatic rings. The van der Waals surface area contributed by atoms with Crippen molar-refractivity contribution in [1.29, 1.82) is 0 Å². The molecule has 1 saturated heterocycles. The second-order valence-electron chi connectivity index (χ2n) is 8.10. The highest BCUT2D eigenvalue weighted by Gasteiger charge is 2.27. The van der Waals surface area contributed by atoms with E-state index in [1.807, 2.05) is 37.2 Å². The van der Waals surface area contributed by atoms with Crippen molar-refractivity contribution < 1.29 is 22.7 Å². The highest BCUT2D eigenvalue weighted by atomic mass is 32.2. The Morgan fingerprint density at radius 3 is 2.47 bits per heavy atom. The quantitative estimate of drug-likeness (QED) is 0.466. The predicted octanol–water partition coefficient (Wildman–Crippen LogP) is 2.53. The normalized spacial score (nSPS) is 15.1. The van der Waals surface area contributed by atoms with E-state index in [9.17, 15) is 13.2 Å². The van der Waals surface area contributed by atoms with Crippen LogP contribution in [0.1, 0.15) is 10.4 Å². The van der Waals surface area contributed by atoms with Gasteiger partial charge in [0.05, 0.1) is 29.9 Å². The molecule has 1 amide bonds. The number of nitrogens with zero attached hydrogens (tertiary/aromatic N) is 4.